The maximum Gasteiger partial charge on any atom is 0.286 e. The van der Waals surface area contributed by atoms with Crippen LogP contribution in [0.25, 0.3) is 0 Å². The van der Waals surface area contributed by atoms with E-state index < -0.39 is 15.8 Å². The number of hydrogen-bond donors (Lipinski definition) is 1. The molecule has 0 saturated carbocycles. The SMILES string of the molecule is Cc1ccc(NC(=O)c2nnc([C@@H]3CCCN(S(=O)(=O)c4cc(F)ccc4C)C3)s2)cc1. The van der Waals surface area contributed by atoms with Gasteiger partial charge in [-0.05, 0) is 56.5 Å². The van der Waals surface area contributed by atoms with E-state index in [4.69, 9.17) is 0 Å². The second kappa shape index (κ2) is 9.05. The number of amides is 1. The topological polar surface area (TPSA) is 92.3 Å². The Bertz CT molecular complexity index is 1240. The minimum Gasteiger partial charge on any atom is -0.320 e. The molecule has 168 valence electrons. The number of halogens is 1. The summed E-state index contributed by atoms with van der Waals surface area (Å²) in [4.78, 5) is 12.5. The Morgan fingerprint density at radius 1 is 1.16 bits per heavy atom. The zero-order valence-electron chi connectivity index (χ0n) is 17.7. The number of anilines is 1. The molecule has 1 aliphatic heterocycles. The molecule has 2 heterocycles. The first kappa shape index (κ1) is 22.5. The molecule has 0 spiro atoms. The van der Waals surface area contributed by atoms with Crippen molar-refractivity contribution in [2.45, 2.75) is 37.5 Å². The van der Waals surface area contributed by atoms with E-state index in [0.717, 1.165) is 18.1 Å². The average molecular weight is 475 g/mol. The third-order valence-corrected chi connectivity index (χ3v) is 8.54. The molecule has 1 fully saturated rings. The smallest absolute Gasteiger partial charge is 0.286 e. The number of nitrogens with zero attached hydrogens (tertiary/aromatic N) is 3. The van der Waals surface area contributed by atoms with Gasteiger partial charge in [0.25, 0.3) is 5.91 Å². The maximum atomic E-state index is 13.7. The summed E-state index contributed by atoms with van der Waals surface area (Å²) >= 11 is 1.17. The number of hydrogen-bond acceptors (Lipinski definition) is 6. The lowest BCUT2D eigenvalue weighted by molar-refractivity contribution is 0.102. The summed E-state index contributed by atoms with van der Waals surface area (Å²) in [7, 11) is -3.84. The van der Waals surface area contributed by atoms with Crippen LogP contribution in [0.15, 0.2) is 47.4 Å². The fourth-order valence-electron chi connectivity index (χ4n) is 3.67. The number of aryl methyl sites for hydroxylation is 2. The Kier molecular flexibility index (Phi) is 6.36. The zero-order chi connectivity index (χ0) is 22.9. The molecule has 1 aliphatic rings. The fourth-order valence-corrected chi connectivity index (χ4v) is 6.29. The van der Waals surface area contributed by atoms with Crippen LogP contribution in [0.1, 0.15) is 44.7 Å². The molecule has 0 bridgehead atoms. The van der Waals surface area contributed by atoms with E-state index in [1.54, 1.807) is 6.92 Å². The normalized spacial score (nSPS) is 17.3. The van der Waals surface area contributed by atoms with Crippen LogP contribution in [-0.4, -0.2) is 41.9 Å². The molecule has 7 nitrogen and oxygen atoms in total. The van der Waals surface area contributed by atoms with E-state index >= 15 is 0 Å². The molecule has 3 aromatic rings. The number of aromatic nitrogens is 2. The summed E-state index contributed by atoms with van der Waals surface area (Å²) in [6, 6.07) is 11.2. The van der Waals surface area contributed by atoms with Crippen molar-refractivity contribution in [1.29, 1.82) is 0 Å². The number of sulfonamides is 1. The highest BCUT2D eigenvalue weighted by molar-refractivity contribution is 7.89. The number of nitrogens with one attached hydrogen (secondary N) is 1. The Labute approximate surface area is 190 Å². The molecule has 0 radical (unpaired) electrons. The molecule has 1 saturated heterocycles. The quantitative estimate of drug-likeness (QED) is 0.601. The van der Waals surface area contributed by atoms with Crippen molar-refractivity contribution >= 4 is 33.0 Å². The Morgan fingerprint density at radius 3 is 2.66 bits per heavy atom. The van der Waals surface area contributed by atoms with Crippen LogP contribution < -0.4 is 5.32 Å². The lowest BCUT2D eigenvalue weighted by atomic mass is 10.0. The lowest BCUT2D eigenvalue weighted by Gasteiger charge is -2.31. The predicted molar refractivity (Wildman–Crippen MR) is 121 cm³/mol. The van der Waals surface area contributed by atoms with E-state index in [-0.39, 0.29) is 28.3 Å². The molecule has 1 atom stereocenters. The molecule has 1 N–H and O–H groups in total. The number of rotatable bonds is 5. The number of benzene rings is 2. The largest absolute Gasteiger partial charge is 0.320 e. The molecular formula is C22H23FN4O3S2. The van der Waals surface area contributed by atoms with Gasteiger partial charge >= 0.3 is 0 Å². The molecule has 32 heavy (non-hydrogen) atoms. The standard InChI is InChI=1S/C22H23FN4O3S2/c1-14-5-9-18(10-6-14)24-20(28)22-26-25-21(31-22)16-4-3-11-27(13-16)32(29,30)19-12-17(23)8-7-15(19)2/h5-10,12,16H,3-4,11,13H2,1-2H3,(H,24,28)/t16-/m1/s1. The monoisotopic (exact) mass is 474 g/mol. The van der Waals surface area contributed by atoms with Crippen molar-refractivity contribution in [3.63, 3.8) is 0 Å². The number of carbonyl (C=O) groups is 1. The van der Waals surface area contributed by atoms with E-state index in [2.05, 4.69) is 15.5 Å². The summed E-state index contributed by atoms with van der Waals surface area (Å²) in [6.45, 7) is 4.18. The van der Waals surface area contributed by atoms with Crippen LogP contribution in [0.3, 0.4) is 0 Å². The summed E-state index contributed by atoms with van der Waals surface area (Å²) in [5.41, 5.74) is 2.25. The van der Waals surface area contributed by atoms with Gasteiger partial charge in [-0.3, -0.25) is 4.79 Å². The van der Waals surface area contributed by atoms with Crippen LogP contribution in [0.4, 0.5) is 10.1 Å². The van der Waals surface area contributed by atoms with Gasteiger partial charge < -0.3 is 5.32 Å². The first-order chi connectivity index (χ1) is 15.2. The Hall–Kier alpha value is -2.69. The number of piperidine rings is 1. The van der Waals surface area contributed by atoms with Crippen molar-refractivity contribution in [2.75, 3.05) is 18.4 Å². The molecule has 10 heteroatoms. The van der Waals surface area contributed by atoms with Crippen molar-refractivity contribution < 1.29 is 17.6 Å². The van der Waals surface area contributed by atoms with Gasteiger partial charge in [0.1, 0.15) is 10.8 Å². The molecule has 0 unspecified atom stereocenters. The van der Waals surface area contributed by atoms with Crippen molar-refractivity contribution in [3.8, 4) is 0 Å². The lowest BCUT2D eigenvalue weighted by Crippen LogP contribution is -2.39. The predicted octanol–water partition coefficient (Wildman–Crippen LogP) is 4.11. The third kappa shape index (κ3) is 4.72. The Morgan fingerprint density at radius 2 is 1.91 bits per heavy atom. The fraction of sp³-hybridized carbons (Fsp3) is 0.318. The van der Waals surface area contributed by atoms with Gasteiger partial charge in [-0.15, -0.1) is 10.2 Å². The van der Waals surface area contributed by atoms with Gasteiger partial charge in [-0.25, -0.2) is 12.8 Å². The zero-order valence-corrected chi connectivity index (χ0v) is 19.3. The van der Waals surface area contributed by atoms with E-state index in [1.165, 1.54) is 27.8 Å². The van der Waals surface area contributed by atoms with Crippen molar-refractivity contribution in [2.24, 2.45) is 0 Å². The van der Waals surface area contributed by atoms with Crippen molar-refractivity contribution in [3.05, 3.63) is 69.4 Å². The van der Waals surface area contributed by atoms with Gasteiger partial charge in [0.15, 0.2) is 0 Å². The summed E-state index contributed by atoms with van der Waals surface area (Å²) in [5.74, 6) is -1.12. The molecule has 1 aromatic heterocycles. The molecule has 1 amide bonds. The first-order valence-electron chi connectivity index (χ1n) is 10.2. The van der Waals surface area contributed by atoms with Gasteiger partial charge in [0, 0.05) is 24.7 Å². The summed E-state index contributed by atoms with van der Waals surface area (Å²) in [5, 5.41) is 11.8. The molecule has 2 aromatic carbocycles. The van der Waals surface area contributed by atoms with Gasteiger partial charge in [0.05, 0.1) is 4.90 Å². The number of carbonyl (C=O) groups excluding carboxylic acids is 1. The third-order valence-electron chi connectivity index (χ3n) is 5.45. The van der Waals surface area contributed by atoms with Crippen LogP contribution in [0.2, 0.25) is 0 Å². The highest BCUT2D eigenvalue weighted by atomic mass is 32.2. The van der Waals surface area contributed by atoms with Crippen LogP contribution in [-0.2, 0) is 10.0 Å². The average Bonchev–Trinajstić information content (AvgIpc) is 3.28. The maximum absolute atomic E-state index is 13.7. The van der Waals surface area contributed by atoms with Crippen LogP contribution >= 0.6 is 11.3 Å². The van der Waals surface area contributed by atoms with Crippen LogP contribution in [0.5, 0.6) is 0 Å². The molecule has 0 aliphatic carbocycles. The highest BCUT2D eigenvalue weighted by Crippen LogP contribution is 2.33. The van der Waals surface area contributed by atoms with E-state index in [1.807, 2.05) is 31.2 Å². The Balaban J connectivity index is 1.49. The van der Waals surface area contributed by atoms with Gasteiger partial charge in [-0.1, -0.05) is 35.1 Å². The van der Waals surface area contributed by atoms with Crippen molar-refractivity contribution in [1.82, 2.24) is 14.5 Å². The molecular weight excluding hydrogens is 451 g/mol. The summed E-state index contributed by atoms with van der Waals surface area (Å²) < 4.78 is 41.4. The minimum absolute atomic E-state index is 0.0198. The highest BCUT2D eigenvalue weighted by Gasteiger charge is 2.33. The van der Waals surface area contributed by atoms with E-state index in [0.29, 0.717) is 29.2 Å². The second-order valence-corrected chi connectivity index (χ2v) is 10.8. The first-order valence-corrected chi connectivity index (χ1v) is 12.5. The minimum atomic E-state index is -3.84. The van der Waals surface area contributed by atoms with Gasteiger partial charge in [0.2, 0.25) is 15.0 Å². The second-order valence-electron chi connectivity index (χ2n) is 7.88. The van der Waals surface area contributed by atoms with Crippen LogP contribution in [0, 0.1) is 19.7 Å². The van der Waals surface area contributed by atoms with E-state index in [9.17, 15) is 17.6 Å². The summed E-state index contributed by atoms with van der Waals surface area (Å²) in [6.07, 6.45) is 1.38. The van der Waals surface area contributed by atoms with Gasteiger partial charge in [-0.2, -0.15) is 4.31 Å². The molecule has 4 rings (SSSR count).